The number of aromatic nitrogens is 1. The second-order valence-corrected chi connectivity index (χ2v) is 3.50. The highest BCUT2D eigenvalue weighted by Crippen LogP contribution is 2.07. The summed E-state index contributed by atoms with van der Waals surface area (Å²) in [4.78, 5) is 15.7. The van der Waals surface area contributed by atoms with E-state index >= 15 is 0 Å². The predicted molar refractivity (Wildman–Crippen MR) is 59.1 cm³/mol. The van der Waals surface area contributed by atoms with Gasteiger partial charge in [-0.15, -0.1) is 0 Å². The lowest BCUT2D eigenvalue weighted by Crippen LogP contribution is -2.41. The van der Waals surface area contributed by atoms with E-state index in [2.05, 4.69) is 10.3 Å². The zero-order valence-corrected chi connectivity index (χ0v) is 9.10. The highest BCUT2D eigenvalue weighted by molar-refractivity contribution is 5.81. The fourth-order valence-corrected chi connectivity index (χ4v) is 1.21. The first-order valence-corrected chi connectivity index (χ1v) is 5.12. The molecule has 0 bridgehead atoms. The van der Waals surface area contributed by atoms with Gasteiger partial charge in [-0.3, -0.25) is 9.78 Å². The normalized spacial score (nSPS) is 14.3. The van der Waals surface area contributed by atoms with Crippen molar-refractivity contribution in [3.8, 4) is 0 Å². The molecule has 0 radical (unpaired) electrons. The summed E-state index contributed by atoms with van der Waals surface area (Å²) in [7, 11) is 0. The van der Waals surface area contributed by atoms with Crippen LogP contribution in [0.15, 0.2) is 24.4 Å². The van der Waals surface area contributed by atoms with E-state index in [0.29, 0.717) is 6.42 Å². The van der Waals surface area contributed by atoms with Crippen molar-refractivity contribution in [1.29, 1.82) is 0 Å². The van der Waals surface area contributed by atoms with Gasteiger partial charge in [0, 0.05) is 6.20 Å². The molecule has 0 spiro atoms. The summed E-state index contributed by atoms with van der Waals surface area (Å²) in [5.74, 6) is -0.129. The molecule has 1 aromatic rings. The van der Waals surface area contributed by atoms with Gasteiger partial charge in [-0.25, -0.2) is 0 Å². The predicted octanol–water partition coefficient (Wildman–Crippen LogP) is 0.996. The van der Waals surface area contributed by atoms with E-state index in [1.54, 1.807) is 6.20 Å². The van der Waals surface area contributed by atoms with Crippen LogP contribution in [0.2, 0.25) is 0 Å². The summed E-state index contributed by atoms with van der Waals surface area (Å²) in [6.45, 7) is 3.78. The third-order valence-electron chi connectivity index (χ3n) is 2.27. The van der Waals surface area contributed by atoms with Crippen molar-refractivity contribution in [3.05, 3.63) is 30.1 Å². The van der Waals surface area contributed by atoms with Crippen molar-refractivity contribution < 1.29 is 4.79 Å². The SMILES string of the molecule is CC[C@H](N)C(=O)NC(C)c1ccccn1. The van der Waals surface area contributed by atoms with E-state index in [1.165, 1.54) is 0 Å². The molecule has 0 fully saturated rings. The van der Waals surface area contributed by atoms with Gasteiger partial charge in [0.15, 0.2) is 0 Å². The molecule has 82 valence electrons. The Morgan fingerprint density at radius 2 is 2.33 bits per heavy atom. The average molecular weight is 207 g/mol. The number of nitrogens with two attached hydrogens (primary N) is 1. The first-order chi connectivity index (χ1) is 7.15. The van der Waals surface area contributed by atoms with Crippen molar-refractivity contribution in [3.63, 3.8) is 0 Å². The van der Waals surface area contributed by atoms with Crippen LogP contribution in [0.4, 0.5) is 0 Å². The Kier molecular flexibility index (Phi) is 4.24. The average Bonchev–Trinajstić information content (AvgIpc) is 2.29. The van der Waals surface area contributed by atoms with E-state index in [4.69, 9.17) is 5.73 Å². The fourth-order valence-electron chi connectivity index (χ4n) is 1.21. The van der Waals surface area contributed by atoms with Crippen LogP contribution in [0.3, 0.4) is 0 Å². The van der Waals surface area contributed by atoms with Gasteiger partial charge in [-0.1, -0.05) is 13.0 Å². The van der Waals surface area contributed by atoms with Gasteiger partial charge in [0.1, 0.15) is 0 Å². The second-order valence-electron chi connectivity index (χ2n) is 3.50. The minimum absolute atomic E-state index is 0.101. The maximum Gasteiger partial charge on any atom is 0.237 e. The Morgan fingerprint density at radius 1 is 1.60 bits per heavy atom. The molecule has 0 saturated heterocycles. The molecule has 0 saturated carbocycles. The van der Waals surface area contributed by atoms with Gasteiger partial charge in [-0.2, -0.15) is 0 Å². The van der Waals surface area contributed by atoms with Crippen molar-refractivity contribution in [2.24, 2.45) is 5.73 Å². The van der Waals surface area contributed by atoms with E-state index in [9.17, 15) is 4.79 Å². The van der Waals surface area contributed by atoms with Crippen LogP contribution in [0.5, 0.6) is 0 Å². The summed E-state index contributed by atoms with van der Waals surface area (Å²) in [6.07, 6.45) is 2.35. The number of rotatable bonds is 4. The zero-order chi connectivity index (χ0) is 11.3. The monoisotopic (exact) mass is 207 g/mol. The quantitative estimate of drug-likeness (QED) is 0.773. The molecular formula is C11H17N3O. The maximum atomic E-state index is 11.5. The molecular weight excluding hydrogens is 190 g/mol. The summed E-state index contributed by atoms with van der Waals surface area (Å²) < 4.78 is 0. The van der Waals surface area contributed by atoms with Gasteiger partial charge in [0.25, 0.3) is 0 Å². The summed E-state index contributed by atoms with van der Waals surface area (Å²) in [5, 5.41) is 2.82. The molecule has 0 aliphatic carbocycles. The molecule has 3 N–H and O–H groups in total. The van der Waals surface area contributed by atoms with Crippen LogP contribution in [0, 0.1) is 0 Å². The third kappa shape index (κ3) is 3.32. The Bertz CT molecular complexity index is 313. The second kappa shape index (κ2) is 5.46. The lowest BCUT2D eigenvalue weighted by Gasteiger charge is -2.15. The van der Waals surface area contributed by atoms with Crippen molar-refractivity contribution in [2.45, 2.75) is 32.4 Å². The topological polar surface area (TPSA) is 68.0 Å². The van der Waals surface area contributed by atoms with Crippen molar-refractivity contribution in [2.75, 3.05) is 0 Å². The van der Waals surface area contributed by atoms with Gasteiger partial charge >= 0.3 is 0 Å². The molecule has 1 heterocycles. The minimum Gasteiger partial charge on any atom is -0.347 e. The van der Waals surface area contributed by atoms with Crippen LogP contribution >= 0.6 is 0 Å². The number of hydrogen-bond acceptors (Lipinski definition) is 3. The molecule has 1 unspecified atom stereocenters. The molecule has 0 aliphatic heterocycles. The number of nitrogens with one attached hydrogen (secondary N) is 1. The van der Waals surface area contributed by atoms with E-state index in [0.717, 1.165) is 5.69 Å². The number of amides is 1. The number of carbonyl (C=O) groups is 1. The summed E-state index contributed by atoms with van der Waals surface area (Å²) >= 11 is 0. The summed E-state index contributed by atoms with van der Waals surface area (Å²) in [6, 6.07) is 5.08. The van der Waals surface area contributed by atoms with Gasteiger partial charge in [0.2, 0.25) is 5.91 Å². The Morgan fingerprint density at radius 3 is 2.87 bits per heavy atom. The Labute approximate surface area is 89.9 Å². The lowest BCUT2D eigenvalue weighted by atomic mass is 10.2. The molecule has 2 atom stereocenters. The van der Waals surface area contributed by atoms with Crippen molar-refractivity contribution in [1.82, 2.24) is 10.3 Å². The van der Waals surface area contributed by atoms with Crippen LogP contribution in [0.25, 0.3) is 0 Å². The number of hydrogen-bond donors (Lipinski definition) is 2. The van der Waals surface area contributed by atoms with Gasteiger partial charge in [-0.05, 0) is 25.5 Å². The maximum absolute atomic E-state index is 11.5. The van der Waals surface area contributed by atoms with Crippen LogP contribution < -0.4 is 11.1 Å². The summed E-state index contributed by atoms with van der Waals surface area (Å²) in [5.41, 5.74) is 6.45. The zero-order valence-electron chi connectivity index (χ0n) is 9.10. The highest BCUT2D eigenvalue weighted by atomic mass is 16.2. The fraction of sp³-hybridized carbons (Fsp3) is 0.455. The Balaban J connectivity index is 2.56. The standard InChI is InChI=1S/C11H17N3O/c1-3-9(12)11(15)14-8(2)10-6-4-5-7-13-10/h4-9H,3,12H2,1-2H3,(H,14,15)/t8?,9-/m0/s1. The van der Waals surface area contributed by atoms with Gasteiger partial charge in [0.05, 0.1) is 17.8 Å². The largest absolute Gasteiger partial charge is 0.347 e. The van der Waals surface area contributed by atoms with Crippen LogP contribution in [0.1, 0.15) is 32.0 Å². The molecule has 4 nitrogen and oxygen atoms in total. The Hall–Kier alpha value is -1.42. The smallest absolute Gasteiger partial charge is 0.237 e. The molecule has 1 aromatic heterocycles. The number of carbonyl (C=O) groups excluding carboxylic acids is 1. The number of nitrogens with zero attached hydrogens (tertiary/aromatic N) is 1. The van der Waals surface area contributed by atoms with E-state index in [-0.39, 0.29) is 11.9 Å². The molecule has 4 heteroatoms. The molecule has 0 aromatic carbocycles. The van der Waals surface area contributed by atoms with Crippen LogP contribution in [-0.2, 0) is 4.79 Å². The van der Waals surface area contributed by atoms with E-state index < -0.39 is 6.04 Å². The first kappa shape index (κ1) is 11.7. The van der Waals surface area contributed by atoms with E-state index in [1.807, 2.05) is 32.0 Å². The molecule has 1 rings (SSSR count). The number of pyridine rings is 1. The third-order valence-corrected chi connectivity index (χ3v) is 2.27. The first-order valence-electron chi connectivity index (χ1n) is 5.12. The lowest BCUT2D eigenvalue weighted by molar-refractivity contribution is -0.123. The van der Waals surface area contributed by atoms with Gasteiger partial charge < -0.3 is 11.1 Å². The molecule has 0 aliphatic rings. The minimum atomic E-state index is -0.434. The molecule has 1 amide bonds. The molecule has 15 heavy (non-hydrogen) atoms. The van der Waals surface area contributed by atoms with Crippen molar-refractivity contribution >= 4 is 5.91 Å². The van der Waals surface area contributed by atoms with Crippen LogP contribution in [-0.4, -0.2) is 16.9 Å². The highest BCUT2D eigenvalue weighted by Gasteiger charge is 2.14.